The summed E-state index contributed by atoms with van der Waals surface area (Å²) in [5.74, 6) is 0. The molecule has 1 aromatic carbocycles. The van der Waals surface area contributed by atoms with Gasteiger partial charge in [0.2, 0.25) is 0 Å². The van der Waals surface area contributed by atoms with Crippen molar-refractivity contribution < 1.29 is 4.74 Å². The minimum atomic E-state index is 0.258. The van der Waals surface area contributed by atoms with Crippen LogP contribution < -0.4 is 5.32 Å². The van der Waals surface area contributed by atoms with Crippen LogP contribution in [-0.2, 0) is 4.74 Å². The Morgan fingerprint density at radius 3 is 2.68 bits per heavy atom. The summed E-state index contributed by atoms with van der Waals surface area (Å²) in [4.78, 5) is 5.89. The van der Waals surface area contributed by atoms with Crippen LogP contribution in [-0.4, -0.2) is 24.7 Å². The Kier molecular flexibility index (Phi) is 4.96. The van der Waals surface area contributed by atoms with Crippen LogP contribution in [0.3, 0.4) is 0 Å². The molecule has 1 aromatic heterocycles. The number of aromatic nitrogens is 1. The first kappa shape index (κ1) is 14.5. The Labute approximate surface area is 126 Å². The normalized spacial score (nSPS) is 12.4. The molecule has 0 spiro atoms. The maximum atomic E-state index is 5.12. The number of rotatable bonds is 5. The Balaban J connectivity index is 2.19. The van der Waals surface area contributed by atoms with Crippen molar-refractivity contribution in [1.29, 1.82) is 0 Å². The Bertz CT molecular complexity index is 539. The molecule has 2 aromatic rings. The zero-order chi connectivity index (χ0) is 13.8. The third kappa shape index (κ3) is 3.78. The van der Waals surface area contributed by atoms with E-state index < -0.39 is 0 Å². The molecular weight excluding hydrogens is 324 g/mol. The fourth-order valence-electron chi connectivity index (χ4n) is 1.84. The van der Waals surface area contributed by atoms with Gasteiger partial charge >= 0.3 is 0 Å². The monoisotopic (exact) mass is 340 g/mol. The molecule has 0 aliphatic carbocycles. The van der Waals surface area contributed by atoms with Crippen molar-refractivity contribution in [3.05, 3.63) is 33.6 Å². The van der Waals surface area contributed by atoms with Crippen LogP contribution in [0.5, 0.6) is 0 Å². The van der Waals surface area contributed by atoms with Crippen LogP contribution in [0.2, 0.25) is 0 Å². The molecule has 0 saturated carbocycles. The van der Waals surface area contributed by atoms with Gasteiger partial charge in [-0.2, -0.15) is 0 Å². The Morgan fingerprint density at radius 2 is 2.05 bits per heavy atom. The summed E-state index contributed by atoms with van der Waals surface area (Å²) in [6.45, 7) is 4.85. The minimum absolute atomic E-state index is 0.258. The highest BCUT2D eigenvalue weighted by Crippen LogP contribution is 2.31. The number of nitrogens with one attached hydrogen (secondary N) is 1. The molecule has 2 rings (SSSR count). The average molecular weight is 341 g/mol. The van der Waals surface area contributed by atoms with Gasteiger partial charge in [-0.1, -0.05) is 28.1 Å². The molecule has 5 heteroatoms. The number of hydrogen-bond donors (Lipinski definition) is 1. The van der Waals surface area contributed by atoms with Gasteiger partial charge in [0, 0.05) is 28.1 Å². The van der Waals surface area contributed by atoms with Gasteiger partial charge in [-0.3, -0.25) is 0 Å². The summed E-state index contributed by atoms with van der Waals surface area (Å²) in [5.41, 5.74) is 2.19. The van der Waals surface area contributed by atoms with Crippen molar-refractivity contribution in [3.63, 3.8) is 0 Å². The highest BCUT2D eigenvalue weighted by Gasteiger charge is 2.11. The number of methoxy groups -OCH3 is 1. The van der Waals surface area contributed by atoms with E-state index in [9.17, 15) is 0 Å². The molecule has 0 fully saturated rings. The summed E-state index contributed by atoms with van der Waals surface area (Å²) in [6.07, 6.45) is 0. The van der Waals surface area contributed by atoms with E-state index >= 15 is 0 Å². The van der Waals surface area contributed by atoms with Gasteiger partial charge in [0.15, 0.2) is 5.13 Å². The number of halogens is 1. The number of thiazole rings is 1. The van der Waals surface area contributed by atoms with Crippen LogP contribution in [0, 0.1) is 6.92 Å². The molecule has 3 nitrogen and oxygen atoms in total. The van der Waals surface area contributed by atoms with E-state index in [2.05, 4.69) is 52.2 Å². The van der Waals surface area contributed by atoms with Gasteiger partial charge in [0.25, 0.3) is 0 Å². The molecule has 1 atom stereocenters. The average Bonchev–Trinajstić information content (AvgIpc) is 2.71. The number of anilines is 1. The maximum Gasteiger partial charge on any atom is 0.183 e. The predicted octanol–water partition coefficient (Wildman–Crippen LogP) is 4.33. The van der Waals surface area contributed by atoms with Gasteiger partial charge in [-0.15, -0.1) is 11.3 Å². The van der Waals surface area contributed by atoms with E-state index in [0.717, 1.165) is 20.9 Å². The molecule has 0 unspecified atom stereocenters. The first-order chi connectivity index (χ1) is 9.10. The van der Waals surface area contributed by atoms with E-state index in [4.69, 9.17) is 4.74 Å². The number of benzene rings is 1. The second kappa shape index (κ2) is 6.50. The molecule has 1 N–H and O–H groups in total. The van der Waals surface area contributed by atoms with E-state index in [1.165, 1.54) is 4.88 Å². The Hall–Kier alpha value is -0.910. The molecule has 0 aliphatic heterocycles. The summed E-state index contributed by atoms with van der Waals surface area (Å²) >= 11 is 5.13. The quantitative estimate of drug-likeness (QED) is 0.879. The molecule has 1 heterocycles. The molecule has 19 heavy (non-hydrogen) atoms. The molecule has 0 radical (unpaired) electrons. The molecule has 102 valence electrons. The van der Waals surface area contributed by atoms with Crippen molar-refractivity contribution in [2.75, 3.05) is 19.0 Å². The third-order valence-electron chi connectivity index (χ3n) is 2.70. The van der Waals surface area contributed by atoms with Crippen LogP contribution in [0.15, 0.2) is 28.7 Å². The van der Waals surface area contributed by atoms with Gasteiger partial charge in [0.05, 0.1) is 12.3 Å². The van der Waals surface area contributed by atoms with E-state index in [-0.39, 0.29) is 6.04 Å². The number of aryl methyl sites for hydroxylation is 1. The third-order valence-corrected chi connectivity index (χ3v) is 4.13. The van der Waals surface area contributed by atoms with Gasteiger partial charge in [-0.05, 0) is 26.0 Å². The molecular formula is C14H17BrN2OS. The highest BCUT2D eigenvalue weighted by molar-refractivity contribution is 9.10. The maximum absolute atomic E-state index is 5.12. The van der Waals surface area contributed by atoms with Gasteiger partial charge in [-0.25, -0.2) is 4.98 Å². The smallest absolute Gasteiger partial charge is 0.183 e. The minimum Gasteiger partial charge on any atom is -0.383 e. The van der Waals surface area contributed by atoms with Crippen LogP contribution in [0.4, 0.5) is 5.13 Å². The van der Waals surface area contributed by atoms with Crippen LogP contribution in [0.1, 0.15) is 11.8 Å². The molecule has 0 amide bonds. The topological polar surface area (TPSA) is 34.1 Å². The van der Waals surface area contributed by atoms with E-state index in [1.54, 1.807) is 18.4 Å². The van der Waals surface area contributed by atoms with Crippen molar-refractivity contribution in [2.45, 2.75) is 19.9 Å². The van der Waals surface area contributed by atoms with Crippen molar-refractivity contribution >= 4 is 32.4 Å². The predicted molar refractivity (Wildman–Crippen MR) is 84.9 cm³/mol. The zero-order valence-corrected chi connectivity index (χ0v) is 13.6. The second-order valence-electron chi connectivity index (χ2n) is 4.43. The van der Waals surface area contributed by atoms with Crippen LogP contribution >= 0.6 is 27.3 Å². The fraction of sp³-hybridized carbons (Fsp3) is 0.357. The standard InChI is InChI=1S/C14H17BrN2OS/c1-9(8-18-3)16-14-17-13(10(2)19-14)11-4-6-12(15)7-5-11/h4-7,9H,8H2,1-3H3,(H,16,17)/t9-/m1/s1. The summed E-state index contributed by atoms with van der Waals surface area (Å²) < 4.78 is 6.20. The number of ether oxygens (including phenoxy) is 1. The van der Waals surface area contributed by atoms with Crippen molar-refractivity contribution in [2.24, 2.45) is 0 Å². The first-order valence-electron chi connectivity index (χ1n) is 6.09. The van der Waals surface area contributed by atoms with E-state index in [0.29, 0.717) is 6.61 Å². The van der Waals surface area contributed by atoms with Crippen molar-refractivity contribution in [1.82, 2.24) is 4.98 Å². The number of hydrogen-bond acceptors (Lipinski definition) is 4. The lowest BCUT2D eigenvalue weighted by molar-refractivity contribution is 0.190. The molecule has 0 aliphatic rings. The summed E-state index contributed by atoms with van der Waals surface area (Å²) in [7, 11) is 1.71. The zero-order valence-electron chi connectivity index (χ0n) is 11.2. The van der Waals surface area contributed by atoms with Gasteiger partial charge < -0.3 is 10.1 Å². The number of nitrogens with zero attached hydrogens (tertiary/aromatic N) is 1. The molecule has 0 saturated heterocycles. The van der Waals surface area contributed by atoms with E-state index in [1.807, 2.05) is 12.1 Å². The SMILES string of the molecule is COC[C@@H](C)Nc1nc(-c2ccc(Br)cc2)c(C)s1. The Morgan fingerprint density at radius 1 is 1.37 bits per heavy atom. The highest BCUT2D eigenvalue weighted by atomic mass is 79.9. The summed E-state index contributed by atoms with van der Waals surface area (Å²) in [6, 6.07) is 8.49. The second-order valence-corrected chi connectivity index (χ2v) is 6.55. The van der Waals surface area contributed by atoms with Crippen molar-refractivity contribution in [3.8, 4) is 11.3 Å². The lowest BCUT2D eigenvalue weighted by Gasteiger charge is -2.10. The lowest BCUT2D eigenvalue weighted by Crippen LogP contribution is -2.20. The van der Waals surface area contributed by atoms with Crippen LogP contribution in [0.25, 0.3) is 11.3 Å². The largest absolute Gasteiger partial charge is 0.383 e. The fourth-order valence-corrected chi connectivity index (χ4v) is 3.05. The van der Waals surface area contributed by atoms with Gasteiger partial charge in [0.1, 0.15) is 0 Å². The first-order valence-corrected chi connectivity index (χ1v) is 7.70. The lowest BCUT2D eigenvalue weighted by atomic mass is 10.1. The molecule has 0 bridgehead atoms. The summed E-state index contributed by atoms with van der Waals surface area (Å²) in [5, 5.41) is 4.30.